The molecule has 7 heteroatoms. The molecule has 0 radical (unpaired) electrons. The molecule has 4 rings (SSSR count). The number of rotatable bonds is 5. The monoisotopic (exact) mass is 377 g/mol. The number of methoxy groups -OCH3 is 1. The lowest BCUT2D eigenvalue weighted by Crippen LogP contribution is -2.00. The molecule has 0 atom stereocenters. The summed E-state index contributed by atoms with van der Waals surface area (Å²) in [4.78, 5) is 8.82. The Kier molecular flexibility index (Phi) is 4.72. The van der Waals surface area contributed by atoms with Crippen molar-refractivity contribution in [3.8, 4) is 22.7 Å². The summed E-state index contributed by atoms with van der Waals surface area (Å²) >= 11 is 6.33. The van der Waals surface area contributed by atoms with Gasteiger partial charge in [-0.3, -0.25) is 0 Å². The average molecular weight is 378 g/mol. The van der Waals surface area contributed by atoms with Gasteiger partial charge in [-0.15, -0.1) is 0 Å². The van der Waals surface area contributed by atoms with Crippen LogP contribution in [0.15, 0.2) is 73.2 Å². The maximum atomic E-state index is 6.33. The number of benzene rings is 2. The zero-order valence-electron chi connectivity index (χ0n) is 14.5. The fourth-order valence-electron chi connectivity index (χ4n) is 2.67. The lowest BCUT2D eigenvalue weighted by atomic mass is 10.2. The first-order chi connectivity index (χ1) is 13.2. The van der Waals surface area contributed by atoms with E-state index < -0.39 is 0 Å². The second-order valence-electron chi connectivity index (χ2n) is 5.72. The molecule has 2 aromatic heterocycles. The molecule has 0 unspecified atom stereocenters. The number of para-hydroxylation sites is 3. The number of aromatic nitrogens is 4. The summed E-state index contributed by atoms with van der Waals surface area (Å²) in [6, 6.07) is 17.4. The largest absolute Gasteiger partial charge is 0.495 e. The van der Waals surface area contributed by atoms with Gasteiger partial charge in [0.15, 0.2) is 0 Å². The predicted molar refractivity (Wildman–Crippen MR) is 106 cm³/mol. The highest BCUT2D eigenvalue weighted by Gasteiger charge is 2.12. The molecule has 4 aromatic rings. The van der Waals surface area contributed by atoms with Gasteiger partial charge >= 0.3 is 0 Å². The summed E-state index contributed by atoms with van der Waals surface area (Å²) in [5.74, 6) is 1.13. The molecule has 0 spiro atoms. The summed E-state index contributed by atoms with van der Waals surface area (Å²) in [5.41, 5.74) is 3.13. The van der Waals surface area contributed by atoms with E-state index in [0.717, 1.165) is 16.9 Å². The minimum absolute atomic E-state index is 0.423. The summed E-state index contributed by atoms with van der Waals surface area (Å²) in [5, 5.41) is 8.02. The van der Waals surface area contributed by atoms with Crippen LogP contribution in [0.1, 0.15) is 0 Å². The maximum absolute atomic E-state index is 6.33. The van der Waals surface area contributed by atoms with Crippen LogP contribution in [-0.2, 0) is 0 Å². The fourth-order valence-corrected chi connectivity index (χ4v) is 2.87. The summed E-state index contributed by atoms with van der Waals surface area (Å²) in [6.45, 7) is 0. The van der Waals surface area contributed by atoms with Crippen molar-refractivity contribution < 1.29 is 4.74 Å². The van der Waals surface area contributed by atoms with Crippen LogP contribution in [0, 0.1) is 0 Å². The Labute approximate surface area is 161 Å². The summed E-state index contributed by atoms with van der Waals surface area (Å²) < 4.78 is 7.13. The summed E-state index contributed by atoms with van der Waals surface area (Å²) in [7, 11) is 1.62. The molecule has 6 nitrogen and oxygen atoms in total. The molecule has 0 aliphatic rings. The Morgan fingerprint density at radius 3 is 2.59 bits per heavy atom. The molecule has 0 aliphatic heterocycles. The Morgan fingerprint density at radius 1 is 1.00 bits per heavy atom. The van der Waals surface area contributed by atoms with Crippen LogP contribution in [0.5, 0.6) is 5.75 Å². The van der Waals surface area contributed by atoms with E-state index in [1.165, 1.54) is 0 Å². The normalized spacial score (nSPS) is 10.6. The Hall–Kier alpha value is -3.38. The smallest absolute Gasteiger partial charge is 0.227 e. The van der Waals surface area contributed by atoms with Crippen LogP contribution in [0.25, 0.3) is 16.9 Å². The molecule has 0 bridgehead atoms. The van der Waals surface area contributed by atoms with E-state index >= 15 is 0 Å². The second kappa shape index (κ2) is 7.47. The second-order valence-corrected chi connectivity index (χ2v) is 6.13. The Balaban J connectivity index is 1.66. The molecule has 0 amide bonds. The molecule has 2 heterocycles. The highest BCUT2D eigenvalue weighted by molar-refractivity contribution is 6.32. The van der Waals surface area contributed by atoms with Gasteiger partial charge in [-0.2, -0.15) is 5.10 Å². The first-order valence-electron chi connectivity index (χ1n) is 8.27. The van der Waals surface area contributed by atoms with E-state index in [4.69, 9.17) is 16.3 Å². The molecule has 134 valence electrons. The highest BCUT2D eigenvalue weighted by atomic mass is 35.5. The molecule has 27 heavy (non-hydrogen) atoms. The fraction of sp³-hybridized carbons (Fsp3) is 0.0500. The Morgan fingerprint density at radius 2 is 1.78 bits per heavy atom. The van der Waals surface area contributed by atoms with E-state index in [1.807, 2.05) is 60.8 Å². The van der Waals surface area contributed by atoms with Crippen molar-refractivity contribution in [2.24, 2.45) is 0 Å². The highest BCUT2D eigenvalue weighted by Crippen LogP contribution is 2.29. The quantitative estimate of drug-likeness (QED) is 0.544. The van der Waals surface area contributed by atoms with Crippen LogP contribution < -0.4 is 10.1 Å². The Bertz CT molecular complexity index is 1060. The third-order valence-electron chi connectivity index (χ3n) is 3.97. The number of halogens is 1. The van der Waals surface area contributed by atoms with Crippen molar-refractivity contribution in [2.75, 3.05) is 12.4 Å². The first-order valence-corrected chi connectivity index (χ1v) is 8.65. The van der Waals surface area contributed by atoms with Crippen molar-refractivity contribution in [3.05, 3.63) is 78.2 Å². The van der Waals surface area contributed by atoms with Gasteiger partial charge < -0.3 is 10.1 Å². The number of nitrogens with one attached hydrogen (secondary N) is 1. The molecular formula is C20H16ClN5O. The molecule has 0 saturated carbocycles. The number of hydrogen-bond acceptors (Lipinski definition) is 5. The van der Waals surface area contributed by atoms with Gasteiger partial charge in [0.2, 0.25) is 5.95 Å². The standard InChI is InChI=1S/C20H16ClN5O/c1-27-18-10-6-5-9-17(18)24-20-22-12-16(21)19(25-20)14-11-23-26(13-14)15-7-3-2-4-8-15/h2-13H,1H3,(H,22,24,25). The molecule has 2 aromatic carbocycles. The van der Waals surface area contributed by atoms with Crippen LogP contribution in [0.3, 0.4) is 0 Å². The van der Waals surface area contributed by atoms with Crippen LogP contribution >= 0.6 is 11.6 Å². The molecule has 0 saturated heterocycles. The molecule has 0 aliphatic carbocycles. The van der Waals surface area contributed by atoms with E-state index in [2.05, 4.69) is 20.4 Å². The van der Waals surface area contributed by atoms with Gasteiger partial charge in [0.1, 0.15) is 5.75 Å². The third-order valence-corrected chi connectivity index (χ3v) is 4.25. The lowest BCUT2D eigenvalue weighted by molar-refractivity contribution is 0.417. The van der Waals surface area contributed by atoms with Crippen molar-refractivity contribution in [1.82, 2.24) is 19.7 Å². The molecular weight excluding hydrogens is 362 g/mol. The zero-order chi connectivity index (χ0) is 18.6. The van der Waals surface area contributed by atoms with Gasteiger partial charge in [0, 0.05) is 11.8 Å². The van der Waals surface area contributed by atoms with E-state index in [1.54, 1.807) is 24.2 Å². The van der Waals surface area contributed by atoms with Gasteiger partial charge in [0.05, 0.1) is 41.6 Å². The minimum Gasteiger partial charge on any atom is -0.495 e. The van der Waals surface area contributed by atoms with Crippen molar-refractivity contribution in [3.63, 3.8) is 0 Å². The number of hydrogen-bond donors (Lipinski definition) is 1. The van der Waals surface area contributed by atoms with Crippen LogP contribution in [0.2, 0.25) is 5.02 Å². The summed E-state index contributed by atoms with van der Waals surface area (Å²) in [6.07, 6.45) is 5.19. The van der Waals surface area contributed by atoms with E-state index in [-0.39, 0.29) is 0 Å². The lowest BCUT2D eigenvalue weighted by Gasteiger charge is -2.10. The molecule has 0 fully saturated rings. The van der Waals surface area contributed by atoms with Crippen LogP contribution in [-0.4, -0.2) is 26.9 Å². The average Bonchev–Trinajstić information content (AvgIpc) is 3.20. The SMILES string of the molecule is COc1ccccc1Nc1ncc(Cl)c(-c2cnn(-c3ccccc3)c2)n1. The third kappa shape index (κ3) is 3.61. The number of ether oxygens (including phenoxy) is 1. The minimum atomic E-state index is 0.423. The molecule has 1 N–H and O–H groups in total. The van der Waals surface area contributed by atoms with E-state index in [9.17, 15) is 0 Å². The van der Waals surface area contributed by atoms with Crippen molar-refractivity contribution in [2.45, 2.75) is 0 Å². The van der Waals surface area contributed by atoms with Gasteiger partial charge in [0.25, 0.3) is 0 Å². The van der Waals surface area contributed by atoms with Crippen LogP contribution in [0.4, 0.5) is 11.6 Å². The van der Waals surface area contributed by atoms with Gasteiger partial charge in [-0.25, -0.2) is 14.6 Å². The number of anilines is 2. The van der Waals surface area contributed by atoms with Crippen molar-refractivity contribution in [1.29, 1.82) is 0 Å². The topological polar surface area (TPSA) is 64.9 Å². The van der Waals surface area contributed by atoms with Gasteiger partial charge in [-0.05, 0) is 24.3 Å². The number of nitrogens with zero attached hydrogens (tertiary/aromatic N) is 4. The van der Waals surface area contributed by atoms with Gasteiger partial charge in [-0.1, -0.05) is 41.9 Å². The van der Waals surface area contributed by atoms with Crippen molar-refractivity contribution >= 4 is 23.2 Å². The van der Waals surface area contributed by atoms with E-state index in [0.29, 0.717) is 22.4 Å². The maximum Gasteiger partial charge on any atom is 0.227 e. The zero-order valence-corrected chi connectivity index (χ0v) is 15.3. The first kappa shape index (κ1) is 17.1. The predicted octanol–water partition coefficient (Wildman–Crippen LogP) is 4.73.